The molecule has 2 aromatic rings. The first kappa shape index (κ1) is 11.7. The number of ether oxygens (including phenoxy) is 1. The summed E-state index contributed by atoms with van der Waals surface area (Å²) in [5.41, 5.74) is 1.17. The number of para-hydroxylation sites is 1. The molecule has 0 fully saturated rings. The number of benzene rings is 1. The second-order valence-electron chi connectivity index (χ2n) is 4.38. The van der Waals surface area contributed by atoms with Crippen molar-refractivity contribution in [2.24, 2.45) is 0 Å². The highest BCUT2D eigenvalue weighted by molar-refractivity contribution is 6.09. The Morgan fingerprint density at radius 2 is 2.11 bits per heavy atom. The Balaban J connectivity index is 2.54. The van der Waals surface area contributed by atoms with E-state index in [0.717, 1.165) is 0 Å². The second kappa shape index (κ2) is 4.39. The summed E-state index contributed by atoms with van der Waals surface area (Å²) in [4.78, 5) is 24.1. The summed E-state index contributed by atoms with van der Waals surface area (Å²) in [5.74, 6) is -0.437. The maximum atomic E-state index is 12.4. The molecule has 4 heteroatoms. The van der Waals surface area contributed by atoms with Crippen molar-refractivity contribution in [1.29, 1.82) is 0 Å². The molecule has 1 aliphatic carbocycles. The Kier molecular flexibility index (Phi) is 2.71. The molecule has 0 bridgehead atoms. The maximum Gasteiger partial charge on any atom is 0.337 e. The lowest BCUT2D eigenvalue weighted by molar-refractivity contribution is -0.134. The Morgan fingerprint density at radius 3 is 2.89 bits per heavy atom. The average Bonchev–Trinajstić information content (AvgIpc) is 2.46. The first-order valence-electron chi connectivity index (χ1n) is 6.06. The number of hydrogen-bond donors (Lipinski definition) is 0. The Morgan fingerprint density at radius 1 is 1.32 bits per heavy atom. The third-order valence-corrected chi connectivity index (χ3v) is 3.28. The van der Waals surface area contributed by atoms with Gasteiger partial charge in [-0.05, 0) is 25.0 Å². The molecule has 1 aromatic heterocycles. The average molecular weight is 256 g/mol. The van der Waals surface area contributed by atoms with Crippen LogP contribution in [0.1, 0.15) is 12.8 Å². The van der Waals surface area contributed by atoms with Crippen LogP contribution in [0.2, 0.25) is 0 Å². The number of methoxy groups -OCH3 is 1. The highest BCUT2D eigenvalue weighted by Crippen LogP contribution is 2.11. The molecule has 1 aliphatic rings. The summed E-state index contributed by atoms with van der Waals surface area (Å²) in [6, 6.07) is 7.03. The molecule has 19 heavy (non-hydrogen) atoms. The molecule has 0 amide bonds. The summed E-state index contributed by atoms with van der Waals surface area (Å²) in [7, 11) is 1.33. The SMILES string of the molecule is COC(=O)C1=c2oc3ccccc3c(=O)c2=CCC1. The molecule has 3 rings (SSSR count). The van der Waals surface area contributed by atoms with E-state index in [4.69, 9.17) is 9.15 Å². The van der Waals surface area contributed by atoms with Crippen LogP contribution in [0.4, 0.5) is 0 Å². The Hall–Kier alpha value is -2.36. The lowest BCUT2D eigenvalue weighted by Gasteiger charge is -2.08. The van der Waals surface area contributed by atoms with Gasteiger partial charge in [0.2, 0.25) is 0 Å². The predicted molar refractivity (Wildman–Crippen MR) is 70.9 cm³/mol. The van der Waals surface area contributed by atoms with Crippen LogP contribution in [0.25, 0.3) is 22.6 Å². The summed E-state index contributed by atoms with van der Waals surface area (Å²) in [5, 5.41) is 0.994. The van der Waals surface area contributed by atoms with Crippen molar-refractivity contribution in [2.45, 2.75) is 12.8 Å². The lowest BCUT2D eigenvalue weighted by atomic mass is 10.0. The molecule has 0 unspecified atom stereocenters. The number of rotatable bonds is 1. The minimum Gasteiger partial charge on any atom is -0.466 e. The maximum absolute atomic E-state index is 12.4. The first-order chi connectivity index (χ1) is 9.22. The van der Waals surface area contributed by atoms with Gasteiger partial charge in [0.25, 0.3) is 0 Å². The van der Waals surface area contributed by atoms with E-state index in [1.54, 1.807) is 24.3 Å². The van der Waals surface area contributed by atoms with Crippen molar-refractivity contribution >= 4 is 28.6 Å². The van der Waals surface area contributed by atoms with E-state index in [0.29, 0.717) is 40.0 Å². The number of hydrogen-bond acceptors (Lipinski definition) is 4. The van der Waals surface area contributed by atoms with Crippen LogP contribution in [0.15, 0.2) is 33.5 Å². The number of fused-ring (bicyclic) bond motifs is 2. The quantitative estimate of drug-likeness (QED) is 0.704. The van der Waals surface area contributed by atoms with Crippen molar-refractivity contribution in [3.63, 3.8) is 0 Å². The van der Waals surface area contributed by atoms with Gasteiger partial charge in [-0.15, -0.1) is 0 Å². The first-order valence-corrected chi connectivity index (χ1v) is 6.06. The van der Waals surface area contributed by atoms with Gasteiger partial charge in [-0.25, -0.2) is 4.79 Å². The summed E-state index contributed by atoms with van der Waals surface area (Å²) >= 11 is 0. The standard InChI is InChI=1S/C15H12O4/c1-18-15(17)11-7-4-6-10-13(16)9-5-2-3-8-12(9)19-14(10)11/h2-3,5-6,8H,4,7H2,1H3. The molecule has 4 nitrogen and oxygen atoms in total. The Bertz CT molecular complexity index is 843. The smallest absolute Gasteiger partial charge is 0.337 e. The van der Waals surface area contributed by atoms with Gasteiger partial charge in [0.05, 0.1) is 23.3 Å². The van der Waals surface area contributed by atoms with Gasteiger partial charge in [0.1, 0.15) is 11.0 Å². The summed E-state index contributed by atoms with van der Waals surface area (Å²) in [6.07, 6.45) is 2.99. The van der Waals surface area contributed by atoms with E-state index < -0.39 is 5.97 Å². The zero-order valence-electron chi connectivity index (χ0n) is 10.4. The second-order valence-corrected chi connectivity index (χ2v) is 4.38. The molecule has 0 saturated heterocycles. The Labute approximate surface area is 108 Å². The van der Waals surface area contributed by atoms with Crippen LogP contribution in [0, 0.1) is 0 Å². The molecule has 0 atom stereocenters. The highest BCUT2D eigenvalue weighted by Gasteiger charge is 2.17. The molecule has 0 aliphatic heterocycles. The monoisotopic (exact) mass is 256 g/mol. The molecule has 0 radical (unpaired) electrons. The predicted octanol–water partition coefficient (Wildman–Crippen LogP) is 0.691. The van der Waals surface area contributed by atoms with Crippen molar-refractivity contribution < 1.29 is 13.9 Å². The van der Waals surface area contributed by atoms with E-state index in [-0.39, 0.29) is 5.43 Å². The zero-order valence-corrected chi connectivity index (χ0v) is 10.4. The molecule has 0 spiro atoms. The fraction of sp³-hybridized carbons (Fsp3) is 0.200. The van der Waals surface area contributed by atoms with Gasteiger partial charge in [-0.3, -0.25) is 4.79 Å². The van der Waals surface area contributed by atoms with Crippen molar-refractivity contribution in [2.75, 3.05) is 7.11 Å². The van der Waals surface area contributed by atoms with Crippen LogP contribution in [-0.4, -0.2) is 13.1 Å². The molecular weight excluding hydrogens is 244 g/mol. The fourth-order valence-electron chi connectivity index (χ4n) is 2.36. The van der Waals surface area contributed by atoms with Gasteiger partial charge >= 0.3 is 5.97 Å². The van der Waals surface area contributed by atoms with Crippen molar-refractivity contribution in [3.05, 3.63) is 45.1 Å². The number of carbonyl (C=O) groups is 1. The van der Waals surface area contributed by atoms with E-state index in [1.807, 2.05) is 6.08 Å². The van der Waals surface area contributed by atoms with Crippen LogP contribution < -0.4 is 16.1 Å². The normalized spacial score (nSPS) is 13.8. The summed E-state index contributed by atoms with van der Waals surface area (Å²) in [6.45, 7) is 0. The van der Waals surface area contributed by atoms with E-state index in [9.17, 15) is 9.59 Å². The zero-order chi connectivity index (χ0) is 13.4. The third kappa shape index (κ3) is 1.76. The molecular formula is C15H12O4. The molecule has 0 N–H and O–H groups in total. The largest absolute Gasteiger partial charge is 0.466 e. The van der Waals surface area contributed by atoms with Gasteiger partial charge in [0, 0.05) is 0 Å². The molecule has 96 valence electrons. The van der Waals surface area contributed by atoms with Gasteiger partial charge in [0.15, 0.2) is 5.43 Å². The minimum atomic E-state index is -0.437. The van der Waals surface area contributed by atoms with Gasteiger partial charge < -0.3 is 9.15 Å². The number of esters is 1. The van der Waals surface area contributed by atoms with Crippen LogP contribution in [0.3, 0.4) is 0 Å². The number of carbonyl (C=O) groups excluding carboxylic acids is 1. The van der Waals surface area contributed by atoms with Crippen LogP contribution >= 0.6 is 0 Å². The van der Waals surface area contributed by atoms with E-state index >= 15 is 0 Å². The molecule has 1 aromatic carbocycles. The van der Waals surface area contributed by atoms with Crippen molar-refractivity contribution in [3.8, 4) is 0 Å². The topological polar surface area (TPSA) is 56.5 Å². The molecule has 0 saturated carbocycles. The minimum absolute atomic E-state index is 0.0991. The van der Waals surface area contributed by atoms with Gasteiger partial charge in [-0.2, -0.15) is 0 Å². The molecule has 1 heterocycles. The summed E-state index contributed by atoms with van der Waals surface area (Å²) < 4.78 is 10.5. The van der Waals surface area contributed by atoms with E-state index in [1.165, 1.54) is 7.11 Å². The van der Waals surface area contributed by atoms with Crippen molar-refractivity contribution in [1.82, 2.24) is 0 Å². The lowest BCUT2D eigenvalue weighted by Crippen LogP contribution is -2.42. The van der Waals surface area contributed by atoms with Crippen LogP contribution in [-0.2, 0) is 9.53 Å². The third-order valence-electron chi connectivity index (χ3n) is 3.28. The van der Waals surface area contributed by atoms with E-state index in [2.05, 4.69) is 0 Å². The van der Waals surface area contributed by atoms with Crippen LogP contribution in [0.5, 0.6) is 0 Å². The van der Waals surface area contributed by atoms with Gasteiger partial charge in [-0.1, -0.05) is 18.2 Å². The highest BCUT2D eigenvalue weighted by atomic mass is 16.5. The fourth-order valence-corrected chi connectivity index (χ4v) is 2.36.